The van der Waals surface area contributed by atoms with E-state index in [1.807, 2.05) is 0 Å². The van der Waals surface area contributed by atoms with Crippen molar-refractivity contribution in [2.75, 3.05) is 5.32 Å². The van der Waals surface area contributed by atoms with Crippen molar-refractivity contribution in [3.63, 3.8) is 0 Å². The lowest BCUT2D eigenvalue weighted by Gasteiger charge is -2.09. The van der Waals surface area contributed by atoms with E-state index in [-0.39, 0.29) is 16.3 Å². The first-order chi connectivity index (χ1) is 9.90. The van der Waals surface area contributed by atoms with Crippen LogP contribution in [0, 0.1) is 11.6 Å². The van der Waals surface area contributed by atoms with Crippen LogP contribution in [-0.4, -0.2) is 17.0 Å². The lowest BCUT2D eigenvalue weighted by atomic mass is 10.1. The Morgan fingerprint density at radius 3 is 2.29 bits per heavy atom. The number of carbonyl (C=O) groups excluding carboxylic acids is 1. The van der Waals surface area contributed by atoms with Crippen LogP contribution in [0.1, 0.15) is 20.7 Å². The minimum Gasteiger partial charge on any atom is -0.478 e. The zero-order valence-corrected chi connectivity index (χ0v) is 11.1. The summed E-state index contributed by atoms with van der Waals surface area (Å²) in [4.78, 5) is 22.7. The van der Waals surface area contributed by atoms with Crippen molar-refractivity contribution in [1.29, 1.82) is 0 Å². The SMILES string of the molecule is O=C(O)c1ccc(Cl)c(NC(=O)c2c(F)cccc2F)c1. The summed E-state index contributed by atoms with van der Waals surface area (Å²) in [5.41, 5.74) is -0.942. The van der Waals surface area contributed by atoms with Crippen molar-refractivity contribution in [3.8, 4) is 0 Å². The van der Waals surface area contributed by atoms with E-state index in [4.69, 9.17) is 16.7 Å². The second-order valence-corrected chi connectivity index (χ2v) is 4.46. The first kappa shape index (κ1) is 14.9. The molecule has 0 bridgehead atoms. The Hall–Kier alpha value is -2.47. The number of carboxylic acids is 1. The summed E-state index contributed by atoms with van der Waals surface area (Å²) in [5.74, 6) is -4.34. The molecule has 0 saturated carbocycles. The maximum Gasteiger partial charge on any atom is 0.335 e. The van der Waals surface area contributed by atoms with Gasteiger partial charge in [0, 0.05) is 0 Å². The molecule has 21 heavy (non-hydrogen) atoms. The molecule has 7 heteroatoms. The van der Waals surface area contributed by atoms with Gasteiger partial charge in [0.1, 0.15) is 17.2 Å². The maximum atomic E-state index is 13.5. The molecule has 0 aromatic heterocycles. The highest BCUT2D eigenvalue weighted by Crippen LogP contribution is 2.24. The van der Waals surface area contributed by atoms with Crippen molar-refractivity contribution >= 4 is 29.2 Å². The van der Waals surface area contributed by atoms with Gasteiger partial charge in [-0.25, -0.2) is 13.6 Å². The normalized spacial score (nSPS) is 10.2. The summed E-state index contributed by atoms with van der Waals surface area (Å²) in [6.07, 6.45) is 0. The average Bonchev–Trinajstić information content (AvgIpc) is 2.40. The van der Waals surface area contributed by atoms with E-state index in [1.165, 1.54) is 12.1 Å². The Labute approximate surface area is 123 Å². The van der Waals surface area contributed by atoms with E-state index in [1.54, 1.807) is 0 Å². The average molecular weight is 312 g/mol. The molecular weight excluding hydrogens is 304 g/mol. The predicted molar refractivity (Wildman–Crippen MR) is 72.7 cm³/mol. The van der Waals surface area contributed by atoms with Gasteiger partial charge in [-0.3, -0.25) is 4.79 Å². The molecule has 0 aliphatic rings. The van der Waals surface area contributed by atoms with E-state index < -0.39 is 29.1 Å². The minimum absolute atomic E-state index is 0.0464. The summed E-state index contributed by atoms with van der Waals surface area (Å²) in [6.45, 7) is 0. The number of anilines is 1. The van der Waals surface area contributed by atoms with Crippen LogP contribution in [0.2, 0.25) is 5.02 Å². The van der Waals surface area contributed by atoms with Gasteiger partial charge in [0.25, 0.3) is 5.91 Å². The molecule has 0 aliphatic carbocycles. The molecule has 4 nitrogen and oxygen atoms in total. The Kier molecular flexibility index (Phi) is 4.18. The number of benzene rings is 2. The van der Waals surface area contributed by atoms with Crippen LogP contribution in [0.3, 0.4) is 0 Å². The van der Waals surface area contributed by atoms with E-state index in [2.05, 4.69) is 5.32 Å². The van der Waals surface area contributed by atoms with Gasteiger partial charge in [-0.2, -0.15) is 0 Å². The van der Waals surface area contributed by atoms with Crippen LogP contribution in [-0.2, 0) is 0 Å². The topological polar surface area (TPSA) is 66.4 Å². The number of amides is 1. The summed E-state index contributed by atoms with van der Waals surface area (Å²) in [6, 6.07) is 6.60. The molecule has 108 valence electrons. The van der Waals surface area contributed by atoms with Gasteiger partial charge in [-0.1, -0.05) is 17.7 Å². The lowest BCUT2D eigenvalue weighted by Crippen LogP contribution is -2.16. The van der Waals surface area contributed by atoms with Crippen molar-refractivity contribution in [2.24, 2.45) is 0 Å². The number of carbonyl (C=O) groups is 2. The summed E-state index contributed by atoms with van der Waals surface area (Å²) in [7, 11) is 0. The van der Waals surface area contributed by atoms with E-state index >= 15 is 0 Å². The van der Waals surface area contributed by atoms with Crippen LogP contribution in [0.15, 0.2) is 36.4 Å². The number of hydrogen-bond donors (Lipinski definition) is 2. The smallest absolute Gasteiger partial charge is 0.335 e. The fourth-order valence-electron chi connectivity index (χ4n) is 1.65. The molecule has 1 amide bonds. The number of halogens is 3. The Morgan fingerprint density at radius 2 is 1.71 bits per heavy atom. The number of carboxylic acid groups (broad SMARTS) is 1. The van der Waals surface area contributed by atoms with Crippen LogP contribution >= 0.6 is 11.6 Å². The van der Waals surface area contributed by atoms with Gasteiger partial charge in [0.2, 0.25) is 0 Å². The fraction of sp³-hybridized carbons (Fsp3) is 0. The zero-order valence-electron chi connectivity index (χ0n) is 10.4. The first-order valence-electron chi connectivity index (χ1n) is 5.68. The highest BCUT2D eigenvalue weighted by molar-refractivity contribution is 6.34. The van der Waals surface area contributed by atoms with Gasteiger partial charge in [0.15, 0.2) is 0 Å². The van der Waals surface area contributed by atoms with Gasteiger partial charge in [0.05, 0.1) is 16.3 Å². The Bertz CT molecular complexity index is 714. The van der Waals surface area contributed by atoms with Gasteiger partial charge in [-0.15, -0.1) is 0 Å². The molecule has 0 fully saturated rings. The number of aromatic carboxylic acids is 1. The number of nitrogens with one attached hydrogen (secondary N) is 1. The Balaban J connectivity index is 2.36. The largest absolute Gasteiger partial charge is 0.478 e. The second-order valence-electron chi connectivity index (χ2n) is 4.05. The van der Waals surface area contributed by atoms with Crippen molar-refractivity contribution < 1.29 is 23.5 Å². The molecule has 0 aliphatic heterocycles. The molecule has 0 atom stereocenters. The van der Waals surface area contributed by atoms with Crippen molar-refractivity contribution in [3.05, 3.63) is 64.2 Å². The molecule has 0 radical (unpaired) electrons. The number of rotatable bonds is 3. The molecule has 0 heterocycles. The van der Waals surface area contributed by atoms with Crippen molar-refractivity contribution in [1.82, 2.24) is 0 Å². The molecular formula is C14H8ClF2NO3. The highest BCUT2D eigenvalue weighted by atomic mass is 35.5. The molecule has 0 unspecified atom stereocenters. The van der Waals surface area contributed by atoms with E-state index in [0.29, 0.717) is 0 Å². The zero-order chi connectivity index (χ0) is 15.6. The van der Waals surface area contributed by atoms with Gasteiger partial charge < -0.3 is 10.4 Å². The summed E-state index contributed by atoms with van der Waals surface area (Å²) in [5, 5.41) is 11.1. The van der Waals surface area contributed by atoms with Crippen LogP contribution < -0.4 is 5.32 Å². The monoisotopic (exact) mass is 311 g/mol. The molecule has 2 rings (SSSR count). The standard InChI is InChI=1S/C14H8ClF2NO3/c15-8-5-4-7(14(20)21)6-11(8)18-13(19)12-9(16)2-1-3-10(12)17/h1-6H,(H,18,19)(H,20,21). The van der Waals surface area contributed by atoms with Gasteiger partial charge in [-0.05, 0) is 30.3 Å². The van der Waals surface area contributed by atoms with Crippen LogP contribution in [0.5, 0.6) is 0 Å². The van der Waals surface area contributed by atoms with Gasteiger partial charge >= 0.3 is 5.97 Å². The third kappa shape index (κ3) is 3.17. The molecule has 2 aromatic carbocycles. The third-order valence-corrected chi connectivity index (χ3v) is 2.98. The minimum atomic E-state index is -1.22. The summed E-state index contributed by atoms with van der Waals surface area (Å²) >= 11 is 5.82. The molecule has 0 spiro atoms. The quantitative estimate of drug-likeness (QED) is 0.910. The lowest BCUT2D eigenvalue weighted by molar-refractivity contribution is 0.0696. The molecule has 0 saturated heterocycles. The third-order valence-electron chi connectivity index (χ3n) is 2.65. The second kappa shape index (κ2) is 5.88. The molecule has 2 aromatic rings. The number of hydrogen-bond acceptors (Lipinski definition) is 2. The van der Waals surface area contributed by atoms with Crippen molar-refractivity contribution in [2.45, 2.75) is 0 Å². The first-order valence-corrected chi connectivity index (χ1v) is 6.06. The van der Waals surface area contributed by atoms with E-state index in [9.17, 15) is 18.4 Å². The predicted octanol–water partition coefficient (Wildman–Crippen LogP) is 3.57. The Morgan fingerprint density at radius 1 is 1.10 bits per heavy atom. The highest BCUT2D eigenvalue weighted by Gasteiger charge is 2.18. The molecule has 2 N–H and O–H groups in total. The van der Waals surface area contributed by atoms with Crippen LogP contribution in [0.25, 0.3) is 0 Å². The summed E-state index contributed by atoms with van der Waals surface area (Å²) < 4.78 is 27.0. The van der Waals surface area contributed by atoms with E-state index in [0.717, 1.165) is 24.3 Å². The maximum absolute atomic E-state index is 13.5. The fourth-order valence-corrected chi connectivity index (χ4v) is 1.82. The van der Waals surface area contributed by atoms with Crippen LogP contribution in [0.4, 0.5) is 14.5 Å².